The fraction of sp³-hybridized carbons (Fsp3) is 0.400. The normalized spacial score (nSPS) is 11.8. The summed E-state index contributed by atoms with van der Waals surface area (Å²) in [4.78, 5) is 11.1. The van der Waals surface area contributed by atoms with E-state index < -0.39 is 0 Å². The van der Waals surface area contributed by atoms with Crippen LogP contribution in [0.15, 0.2) is 16.5 Å². The van der Waals surface area contributed by atoms with Crippen LogP contribution in [0.3, 0.4) is 0 Å². The Balaban J connectivity index is 2.44. The van der Waals surface area contributed by atoms with Gasteiger partial charge in [0.2, 0.25) is 11.7 Å². The van der Waals surface area contributed by atoms with Crippen molar-refractivity contribution in [2.45, 2.75) is 19.5 Å². The van der Waals surface area contributed by atoms with Crippen LogP contribution in [0.2, 0.25) is 0 Å². The molecule has 0 saturated carbocycles. The third-order valence-electron chi connectivity index (χ3n) is 1.99. The van der Waals surface area contributed by atoms with Gasteiger partial charge < -0.3 is 9.73 Å². The first-order valence-electron chi connectivity index (χ1n) is 4.61. The molecule has 80 valence electrons. The molecule has 1 amide bonds. The molecule has 1 rings (SSSR count). The number of nitrogens with zero attached hydrogens (tertiary/aromatic N) is 1. The summed E-state index contributed by atoms with van der Waals surface area (Å²) in [6.07, 6.45) is 0. The molecule has 0 spiro atoms. The molecule has 1 aromatic heterocycles. The van der Waals surface area contributed by atoms with Crippen LogP contribution in [0.5, 0.6) is 0 Å². The van der Waals surface area contributed by atoms with E-state index in [1.807, 2.05) is 6.07 Å². The van der Waals surface area contributed by atoms with Crippen molar-refractivity contribution in [2.75, 3.05) is 7.05 Å². The molecule has 1 atom stereocenters. The Morgan fingerprint density at radius 2 is 2.40 bits per heavy atom. The van der Waals surface area contributed by atoms with Crippen LogP contribution >= 0.6 is 0 Å². The quantitative estimate of drug-likeness (QED) is 0.748. The molecule has 5 heteroatoms. The van der Waals surface area contributed by atoms with E-state index in [0.29, 0.717) is 12.3 Å². The van der Waals surface area contributed by atoms with Crippen molar-refractivity contribution in [3.05, 3.63) is 23.7 Å². The number of furan rings is 1. The van der Waals surface area contributed by atoms with Gasteiger partial charge in [-0.3, -0.25) is 10.1 Å². The maximum atomic E-state index is 11.1. The van der Waals surface area contributed by atoms with Gasteiger partial charge in [0, 0.05) is 7.05 Å². The molecule has 2 N–H and O–H groups in total. The molecule has 0 aliphatic carbocycles. The van der Waals surface area contributed by atoms with Crippen LogP contribution < -0.4 is 10.6 Å². The zero-order valence-electron chi connectivity index (χ0n) is 8.70. The van der Waals surface area contributed by atoms with Gasteiger partial charge in [0.15, 0.2) is 0 Å². The molecular weight excluding hydrogens is 194 g/mol. The van der Waals surface area contributed by atoms with E-state index in [-0.39, 0.29) is 17.7 Å². The molecule has 5 nitrogen and oxygen atoms in total. The lowest BCUT2D eigenvalue weighted by Gasteiger charge is -2.10. The first-order chi connectivity index (χ1) is 7.17. The van der Waals surface area contributed by atoms with Gasteiger partial charge in [-0.05, 0) is 19.1 Å². The second-order valence-electron chi connectivity index (χ2n) is 3.09. The summed E-state index contributed by atoms with van der Waals surface area (Å²) in [5.74, 6) is 0.837. The lowest BCUT2D eigenvalue weighted by atomic mass is 10.3. The third kappa shape index (κ3) is 3.11. The number of nitrogens with one attached hydrogen (secondary N) is 2. The largest absolute Gasteiger partial charge is 0.449 e. The van der Waals surface area contributed by atoms with Crippen LogP contribution in [0.4, 0.5) is 0 Å². The Hall–Kier alpha value is -1.80. The van der Waals surface area contributed by atoms with Crippen LogP contribution in [0.25, 0.3) is 0 Å². The van der Waals surface area contributed by atoms with Crippen LogP contribution in [0.1, 0.15) is 18.4 Å². The Bertz CT molecular complexity index is 378. The van der Waals surface area contributed by atoms with Crippen molar-refractivity contribution in [2.24, 2.45) is 0 Å². The first kappa shape index (κ1) is 11.3. The van der Waals surface area contributed by atoms with E-state index in [4.69, 9.17) is 9.68 Å². The zero-order chi connectivity index (χ0) is 11.3. The van der Waals surface area contributed by atoms with Gasteiger partial charge in [-0.25, -0.2) is 0 Å². The second kappa shape index (κ2) is 5.17. The number of carbonyl (C=O) groups is 1. The standard InChI is InChI=1S/C10H13N3O2/c1-7(10(14)12-2)13-6-9-4-3-8(5-11)15-9/h3-4,7,13H,6H2,1-2H3,(H,12,14). The summed E-state index contributed by atoms with van der Waals surface area (Å²) in [5, 5.41) is 14.0. The zero-order valence-corrected chi connectivity index (χ0v) is 8.70. The third-order valence-corrected chi connectivity index (χ3v) is 1.99. The maximum absolute atomic E-state index is 11.1. The predicted molar refractivity (Wildman–Crippen MR) is 53.8 cm³/mol. The van der Waals surface area contributed by atoms with E-state index in [1.165, 1.54) is 0 Å². The Labute approximate surface area is 88.1 Å². The van der Waals surface area contributed by atoms with Gasteiger partial charge in [0.1, 0.15) is 11.8 Å². The molecule has 0 aliphatic rings. The molecule has 1 unspecified atom stereocenters. The summed E-state index contributed by atoms with van der Waals surface area (Å²) in [6, 6.07) is 4.92. The Morgan fingerprint density at radius 3 is 2.93 bits per heavy atom. The minimum Gasteiger partial charge on any atom is -0.449 e. The summed E-state index contributed by atoms with van der Waals surface area (Å²) in [7, 11) is 1.58. The molecule has 0 fully saturated rings. The molecule has 1 aromatic rings. The number of amides is 1. The molecule has 0 bridgehead atoms. The minimum atomic E-state index is -0.286. The first-order valence-corrected chi connectivity index (χ1v) is 4.61. The summed E-state index contributed by atoms with van der Waals surface area (Å²) in [5.41, 5.74) is 0. The van der Waals surface area contributed by atoms with Gasteiger partial charge in [0.05, 0.1) is 12.6 Å². The molecule has 0 aliphatic heterocycles. The van der Waals surface area contributed by atoms with E-state index >= 15 is 0 Å². The number of nitriles is 1. The molecule has 0 saturated heterocycles. The monoisotopic (exact) mass is 207 g/mol. The number of likely N-dealkylation sites (N-methyl/N-ethyl adjacent to an activating group) is 1. The number of carbonyl (C=O) groups excluding carboxylic acids is 1. The van der Waals surface area contributed by atoms with Crippen molar-refractivity contribution in [3.63, 3.8) is 0 Å². The minimum absolute atomic E-state index is 0.0814. The van der Waals surface area contributed by atoms with E-state index in [0.717, 1.165) is 0 Å². The van der Waals surface area contributed by atoms with Gasteiger partial charge in [-0.1, -0.05) is 0 Å². The van der Waals surface area contributed by atoms with Crippen molar-refractivity contribution < 1.29 is 9.21 Å². The van der Waals surface area contributed by atoms with Gasteiger partial charge >= 0.3 is 0 Å². The summed E-state index contributed by atoms with van der Waals surface area (Å²) < 4.78 is 5.14. The predicted octanol–water partition coefficient (Wildman–Crippen LogP) is 0.375. The highest BCUT2D eigenvalue weighted by molar-refractivity contribution is 5.80. The highest BCUT2D eigenvalue weighted by Crippen LogP contribution is 2.06. The molecular formula is C10H13N3O2. The lowest BCUT2D eigenvalue weighted by molar-refractivity contribution is -0.122. The van der Waals surface area contributed by atoms with Crippen molar-refractivity contribution in [1.29, 1.82) is 5.26 Å². The lowest BCUT2D eigenvalue weighted by Crippen LogP contribution is -2.40. The van der Waals surface area contributed by atoms with E-state index in [1.54, 1.807) is 26.1 Å². The highest BCUT2D eigenvalue weighted by atomic mass is 16.3. The van der Waals surface area contributed by atoms with Crippen molar-refractivity contribution in [3.8, 4) is 6.07 Å². The van der Waals surface area contributed by atoms with Crippen LogP contribution in [-0.4, -0.2) is 19.0 Å². The second-order valence-corrected chi connectivity index (χ2v) is 3.09. The van der Waals surface area contributed by atoms with Crippen LogP contribution in [0, 0.1) is 11.3 Å². The summed E-state index contributed by atoms with van der Waals surface area (Å²) in [6.45, 7) is 2.18. The maximum Gasteiger partial charge on any atom is 0.236 e. The van der Waals surface area contributed by atoms with Gasteiger partial charge in [-0.15, -0.1) is 0 Å². The topological polar surface area (TPSA) is 78.1 Å². The van der Waals surface area contributed by atoms with Gasteiger partial charge in [0.25, 0.3) is 0 Å². The average molecular weight is 207 g/mol. The van der Waals surface area contributed by atoms with Crippen molar-refractivity contribution in [1.82, 2.24) is 10.6 Å². The summed E-state index contributed by atoms with van der Waals surface area (Å²) >= 11 is 0. The number of hydrogen-bond acceptors (Lipinski definition) is 4. The van der Waals surface area contributed by atoms with E-state index in [9.17, 15) is 4.79 Å². The highest BCUT2D eigenvalue weighted by Gasteiger charge is 2.10. The fourth-order valence-electron chi connectivity index (χ4n) is 1.10. The number of hydrogen-bond donors (Lipinski definition) is 2. The fourth-order valence-corrected chi connectivity index (χ4v) is 1.10. The van der Waals surface area contributed by atoms with Crippen LogP contribution in [-0.2, 0) is 11.3 Å². The molecule has 0 radical (unpaired) electrons. The van der Waals surface area contributed by atoms with Crippen molar-refractivity contribution >= 4 is 5.91 Å². The SMILES string of the molecule is CNC(=O)C(C)NCc1ccc(C#N)o1. The molecule has 0 aromatic carbocycles. The smallest absolute Gasteiger partial charge is 0.236 e. The Morgan fingerprint density at radius 1 is 1.67 bits per heavy atom. The Kier molecular flexibility index (Phi) is 3.89. The van der Waals surface area contributed by atoms with Gasteiger partial charge in [-0.2, -0.15) is 5.26 Å². The molecule has 15 heavy (non-hydrogen) atoms. The average Bonchev–Trinajstić information content (AvgIpc) is 2.72. The molecule has 1 heterocycles. The number of rotatable bonds is 4. The van der Waals surface area contributed by atoms with E-state index in [2.05, 4.69) is 10.6 Å².